The number of carbonyl (C=O) groups excluding carboxylic acids is 3. The van der Waals surface area contributed by atoms with Crippen molar-refractivity contribution in [1.29, 1.82) is 0 Å². The first-order chi connectivity index (χ1) is 13.0. The number of hydrogen-bond acceptors (Lipinski definition) is 8. The minimum absolute atomic E-state index is 0.0874. The van der Waals surface area contributed by atoms with Crippen molar-refractivity contribution < 1.29 is 29.0 Å². The van der Waals surface area contributed by atoms with Crippen LogP contribution in [0.5, 0.6) is 0 Å². The summed E-state index contributed by atoms with van der Waals surface area (Å²) >= 11 is 0. The zero-order chi connectivity index (χ0) is 21.4. The predicted octanol–water partition coefficient (Wildman–Crippen LogP) is 0.937. The summed E-state index contributed by atoms with van der Waals surface area (Å²) in [6.07, 6.45) is 0.323. The first kappa shape index (κ1) is 22.5. The maximum absolute atomic E-state index is 12.1. The van der Waals surface area contributed by atoms with E-state index < -0.39 is 51.6 Å². The van der Waals surface area contributed by atoms with Gasteiger partial charge in [0, 0.05) is 12.1 Å². The van der Waals surface area contributed by atoms with E-state index in [2.05, 4.69) is 15.4 Å². The van der Waals surface area contributed by atoms with Gasteiger partial charge in [-0.1, -0.05) is 13.8 Å². The van der Waals surface area contributed by atoms with Gasteiger partial charge in [0.15, 0.2) is 0 Å². The number of amides is 2. The summed E-state index contributed by atoms with van der Waals surface area (Å²) in [5.41, 5.74) is -1.61. The van der Waals surface area contributed by atoms with Crippen LogP contribution in [0.1, 0.15) is 30.6 Å². The molecule has 0 saturated heterocycles. The molecule has 0 heterocycles. The zero-order valence-corrected chi connectivity index (χ0v) is 15.5. The SMILES string of the molecule is COC(=O)[C@@H](CC(C)C)NC(=O)CNC(=O)c1cc([N+](=O)[O-])cc([N+](=O)[O-])c1. The number of methoxy groups -OCH3 is 1. The number of ether oxygens (including phenoxy) is 1. The number of rotatable bonds is 9. The molecule has 0 aliphatic rings. The molecular weight excluding hydrogens is 376 g/mol. The Morgan fingerprint density at radius 2 is 1.61 bits per heavy atom. The molecule has 0 saturated carbocycles. The number of hydrogen-bond donors (Lipinski definition) is 2. The van der Waals surface area contributed by atoms with Crippen LogP contribution in [0, 0.1) is 26.1 Å². The van der Waals surface area contributed by atoms with Crippen molar-refractivity contribution in [3.05, 3.63) is 44.0 Å². The van der Waals surface area contributed by atoms with Gasteiger partial charge in [0.05, 0.1) is 35.1 Å². The summed E-state index contributed by atoms with van der Waals surface area (Å²) in [5, 5.41) is 26.3. The van der Waals surface area contributed by atoms with Crippen molar-refractivity contribution in [3.63, 3.8) is 0 Å². The molecular formula is C16H20N4O8. The maximum atomic E-state index is 12.1. The second kappa shape index (κ2) is 9.94. The number of carbonyl (C=O) groups is 3. The summed E-state index contributed by atoms with van der Waals surface area (Å²) in [4.78, 5) is 55.8. The van der Waals surface area contributed by atoms with E-state index in [4.69, 9.17) is 0 Å². The summed E-state index contributed by atoms with van der Waals surface area (Å²) in [6.45, 7) is 3.15. The van der Waals surface area contributed by atoms with Gasteiger partial charge in [-0.3, -0.25) is 29.8 Å². The molecule has 1 rings (SSSR count). The molecule has 0 fully saturated rings. The predicted molar refractivity (Wildman–Crippen MR) is 95.5 cm³/mol. The summed E-state index contributed by atoms with van der Waals surface area (Å²) in [7, 11) is 1.18. The molecule has 0 aromatic heterocycles. The number of nitro groups is 2. The van der Waals surface area contributed by atoms with Crippen LogP contribution in [0.2, 0.25) is 0 Å². The van der Waals surface area contributed by atoms with Gasteiger partial charge in [0.2, 0.25) is 5.91 Å². The monoisotopic (exact) mass is 396 g/mol. The standard InChI is InChI=1S/C16H20N4O8/c1-9(2)4-13(16(23)28-3)18-14(21)8-17-15(22)10-5-11(19(24)25)7-12(6-10)20(26)27/h5-7,9,13H,4,8H2,1-3H3,(H,17,22)(H,18,21)/t13-/m1/s1. The number of esters is 1. The van der Waals surface area contributed by atoms with Crippen LogP contribution in [0.25, 0.3) is 0 Å². The van der Waals surface area contributed by atoms with Gasteiger partial charge < -0.3 is 15.4 Å². The highest BCUT2D eigenvalue weighted by Gasteiger charge is 2.24. The lowest BCUT2D eigenvalue weighted by Crippen LogP contribution is -2.46. The lowest BCUT2D eigenvalue weighted by Gasteiger charge is -2.18. The number of benzene rings is 1. The molecule has 0 aliphatic heterocycles. The Balaban J connectivity index is 2.82. The summed E-state index contributed by atoms with van der Waals surface area (Å²) in [5.74, 6) is -2.16. The Kier molecular flexibility index (Phi) is 7.98. The molecule has 1 atom stereocenters. The van der Waals surface area contributed by atoms with Crippen LogP contribution in [-0.4, -0.2) is 47.3 Å². The van der Waals surface area contributed by atoms with Crippen LogP contribution in [0.3, 0.4) is 0 Å². The number of nitrogens with one attached hydrogen (secondary N) is 2. The van der Waals surface area contributed by atoms with Crippen LogP contribution in [-0.2, 0) is 14.3 Å². The van der Waals surface area contributed by atoms with E-state index in [0.717, 1.165) is 18.2 Å². The van der Waals surface area contributed by atoms with E-state index >= 15 is 0 Å². The Bertz CT molecular complexity index is 761. The molecule has 152 valence electrons. The third-order valence-electron chi connectivity index (χ3n) is 3.52. The first-order valence-corrected chi connectivity index (χ1v) is 8.14. The number of nitrogens with zero attached hydrogens (tertiary/aromatic N) is 2. The highest BCUT2D eigenvalue weighted by atomic mass is 16.6. The molecule has 2 N–H and O–H groups in total. The first-order valence-electron chi connectivity index (χ1n) is 8.14. The third-order valence-corrected chi connectivity index (χ3v) is 3.52. The fourth-order valence-corrected chi connectivity index (χ4v) is 2.27. The Morgan fingerprint density at radius 3 is 2.04 bits per heavy atom. The van der Waals surface area contributed by atoms with Crippen LogP contribution in [0.15, 0.2) is 18.2 Å². The molecule has 1 aromatic carbocycles. The second-order valence-corrected chi connectivity index (χ2v) is 6.21. The van der Waals surface area contributed by atoms with E-state index in [0.29, 0.717) is 6.42 Å². The molecule has 0 spiro atoms. The minimum atomic E-state index is -0.916. The maximum Gasteiger partial charge on any atom is 0.328 e. The molecule has 28 heavy (non-hydrogen) atoms. The molecule has 0 aliphatic carbocycles. The average Bonchev–Trinajstić information content (AvgIpc) is 2.63. The van der Waals surface area contributed by atoms with Crippen molar-refractivity contribution in [3.8, 4) is 0 Å². The van der Waals surface area contributed by atoms with E-state index in [1.165, 1.54) is 7.11 Å². The summed E-state index contributed by atoms with van der Waals surface area (Å²) < 4.78 is 4.61. The quantitative estimate of drug-likeness (QED) is 0.352. The largest absolute Gasteiger partial charge is 0.467 e. The number of non-ortho nitro benzene ring substituents is 2. The lowest BCUT2D eigenvalue weighted by atomic mass is 10.0. The molecule has 1 aromatic rings. The van der Waals surface area contributed by atoms with Crippen LogP contribution < -0.4 is 10.6 Å². The van der Waals surface area contributed by atoms with Crippen molar-refractivity contribution >= 4 is 29.2 Å². The van der Waals surface area contributed by atoms with Gasteiger partial charge in [0.1, 0.15) is 6.04 Å². The number of nitro benzene ring substituents is 2. The smallest absolute Gasteiger partial charge is 0.328 e. The fourth-order valence-electron chi connectivity index (χ4n) is 2.27. The second-order valence-electron chi connectivity index (χ2n) is 6.21. The average molecular weight is 396 g/mol. The molecule has 0 unspecified atom stereocenters. The molecule has 12 heteroatoms. The van der Waals surface area contributed by atoms with E-state index in [-0.39, 0.29) is 11.5 Å². The summed E-state index contributed by atoms with van der Waals surface area (Å²) in [6, 6.07) is 1.54. The van der Waals surface area contributed by atoms with Crippen LogP contribution in [0.4, 0.5) is 11.4 Å². The zero-order valence-electron chi connectivity index (χ0n) is 15.5. The van der Waals surface area contributed by atoms with E-state index in [9.17, 15) is 34.6 Å². The minimum Gasteiger partial charge on any atom is -0.467 e. The molecule has 0 radical (unpaired) electrons. The van der Waals surface area contributed by atoms with Crippen molar-refractivity contribution in [1.82, 2.24) is 10.6 Å². The third kappa shape index (κ3) is 6.63. The fraction of sp³-hybridized carbons (Fsp3) is 0.438. The topological polar surface area (TPSA) is 171 Å². The Labute approximate surface area is 159 Å². The molecule has 12 nitrogen and oxygen atoms in total. The highest BCUT2D eigenvalue weighted by Crippen LogP contribution is 2.22. The van der Waals surface area contributed by atoms with Gasteiger partial charge >= 0.3 is 5.97 Å². The van der Waals surface area contributed by atoms with E-state index in [1.54, 1.807) is 0 Å². The van der Waals surface area contributed by atoms with Crippen molar-refractivity contribution in [2.24, 2.45) is 5.92 Å². The normalized spacial score (nSPS) is 11.4. The van der Waals surface area contributed by atoms with E-state index in [1.807, 2.05) is 13.8 Å². The van der Waals surface area contributed by atoms with Gasteiger partial charge in [-0.15, -0.1) is 0 Å². The Hall–Kier alpha value is -3.57. The molecule has 0 bridgehead atoms. The Morgan fingerprint density at radius 1 is 1.07 bits per heavy atom. The van der Waals surface area contributed by atoms with Gasteiger partial charge in [-0.25, -0.2) is 4.79 Å². The van der Waals surface area contributed by atoms with Gasteiger partial charge in [0.25, 0.3) is 17.3 Å². The lowest BCUT2D eigenvalue weighted by molar-refractivity contribution is -0.394. The van der Waals surface area contributed by atoms with Crippen molar-refractivity contribution in [2.75, 3.05) is 13.7 Å². The highest BCUT2D eigenvalue weighted by molar-refractivity contribution is 5.98. The molecule has 2 amide bonds. The van der Waals surface area contributed by atoms with Crippen molar-refractivity contribution in [2.45, 2.75) is 26.3 Å². The van der Waals surface area contributed by atoms with Gasteiger partial charge in [-0.05, 0) is 12.3 Å². The van der Waals surface area contributed by atoms with Gasteiger partial charge in [-0.2, -0.15) is 0 Å². The van der Waals surface area contributed by atoms with Crippen LogP contribution >= 0.6 is 0 Å².